The Balaban J connectivity index is 1.84. The highest BCUT2D eigenvalue weighted by Gasteiger charge is 2.34. The third-order valence-corrected chi connectivity index (χ3v) is 4.68. The van der Waals surface area contributed by atoms with Crippen molar-refractivity contribution >= 4 is 11.9 Å². The van der Waals surface area contributed by atoms with E-state index >= 15 is 0 Å². The predicted octanol–water partition coefficient (Wildman–Crippen LogP) is 3.40. The lowest BCUT2D eigenvalue weighted by Gasteiger charge is -2.33. The van der Waals surface area contributed by atoms with Crippen LogP contribution in [0.1, 0.15) is 18.9 Å². The van der Waals surface area contributed by atoms with Gasteiger partial charge in [0.05, 0.1) is 12.0 Å². The Bertz CT molecular complexity index is 891. The Kier molecular flexibility index (Phi) is 5.31. The summed E-state index contributed by atoms with van der Waals surface area (Å²) >= 11 is 0. The Morgan fingerprint density at radius 1 is 1.26 bits per heavy atom. The molecule has 0 radical (unpaired) electrons. The number of ether oxygens (including phenoxy) is 1. The summed E-state index contributed by atoms with van der Waals surface area (Å²) in [5, 5.41) is 0. The highest BCUT2D eigenvalue weighted by molar-refractivity contribution is 5.98. The van der Waals surface area contributed by atoms with E-state index in [1.165, 1.54) is 4.90 Å². The maximum absolute atomic E-state index is 12.2. The van der Waals surface area contributed by atoms with Crippen molar-refractivity contribution < 1.29 is 9.53 Å². The normalized spacial score (nSPS) is 19.6. The van der Waals surface area contributed by atoms with Gasteiger partial charge in [-0.15, -0.1) is 0 Å². The highest BCUT2D eigenvalue weighted by Crippen LogP contribution is 2.29. The van der Waals surface area contributed by atoms with Crippen molar-refractivity contribution in [2.75, 3.05) is 13.7 Å². The molecule has 3 rings (SSSR count). The maximum atomic E-state index is 12.2. The van der Waals surface area contributed by atoms with Crippen LogP contribution in [-0.4, -0.2) is 36.0 Å². The molecule has 2 N–H and O–H groups in total. The van der Waals surface area contributed by atoms with Gasteiger partial charge in [0.2, 0.25) is 5.91 Å². The molecule has 1 heterocycles. The Morgan fingerprint density at radius 3 is 2.67 bits per heavy atom. The van der Waals surface area contributed by atoms with Crippen LogP contribution in [0.5, 0.6) is 5.75 Å². The largest absolute Gasteiger partial charge is 0.490 e. The second-order valence-electron chi connectivity index (χ2n) is 7.10. The Morgan fingerprint density at radius 2 is 1.96 bits per heavy atom. The first-order valence-electron chi connectivity index (χ1n) is 8.95. The van der Waals surface area contributed by atoms with E-state index in [0.717, 1.165) is 22.4 Å². The second-order valence-corrected chi connectivity index (χ2v) is 7.10. The van der Waals surface area contributed by atoms with Crippen LogP contribution in [0.25, 0.3) is 11.1 Å². The van der Waals surface area contributed by atoms with Gasteiger partial charge in [0.1, 0.15) is 12.4 Å². The molecule has 1 aliphatic heterocycles. The zero-order valence-corrected chi connectivity index (χ0v) is 15.8. The minimum absolute atomic E-state index is 0.00627. The molecule has 1 atom stereocenters. The average Bonchev–Trinajstić information content (AvgIpc) is 2.64. The van der Waals surface area contributed by atoms with Crippen LogP contribution in [0, 0.1) is 0 Å². The fraction of sp³-hybridized carbons (Fsp3) is 0.273. The van der Waals surface area contributed by atoms with Crippen LogP contribution in [0.2, 0.25) is 0 Å². The van der Waals surface area contributed by atoms with Crippen molar-refractivity contribution in [2.24, 2.45) is 10.7 Å². The first-order chi connectivity index (χ1) is 12.9. The Labute approximate surface area is 160 Å². The molecule has 27 heavy (non-hydrogen) atoms. The predicted molar refractivity (Wildman–Crippen MR) is 109 cm³/mol. The number of rotatable bonds is 6. The molecule has 1 aliphatic rings. The van der Waals surface area contributed by atoms with Crippen LogP contribution in [0.3, 0.4) is 0 Å². The lowest BCUT2D eigenvalue weighted by Crippen LogP contribution is -2.49. The van der Waals surface area contributed by atoms with Gasteiger partial charge >= 0.3 is 0 Å². The number of hydrogen-bond donors (Lipinski definition) is 1. The number of benzene rings is 2. The third-order valence-electron chi connectivity index (χ3n) is 4.68. The van der Waals surface area contributed by atoms with Crippen molar-refractivity contribution in [3.05, 3.63) is 66.7 Å². The standard InChI is InChI=1S/C22H25N3O2/c1-4-11-27-19-10-6-9-18(13-19)17-8-5-7-16(12-17)14-22(2)15-20(26)25(3)21(23)24-22/h4-10,12-13H,1,11,14-15H2,2-3H3,(H2,23,24)/t22-/m1/s1. The number of carbonyl (C=O) groups excluding carboxylic acids is 1. The van der Waals surface area contributed by atoms with Gasteiger partial charge in [-0.3, -0.25) is 9.69 Å². The van der Waals surface area contributed by atoms with Crippen LogP contribution in [0.4, 0.5) is 0 Å². The number of nitrogens with zero attached hydrogens (tertiary/aromatic N) is 2. The van der Waals surface area contributed by atoms with E-state index < -0.39 is 5.54 Å². The smallest absolute Gasteiger partial charge is 0.231 e. The summed E-state index contributed by atoms with van der Waals surface area (Å²) in [4.78, 5) is 18.1. The van der Waals surface area contributed by atoms with Crippen molar-refractivity contribution in [1.82, 2.24) is 4.90 Å². The molecular weight excluding hydrogens is 338 g/mol. The summed E-state index contributed by atoms with van der Waals surface area (Å²) in [5.41, 5.74) is 8.66. The molecule has 2 aromatic rings. The molecule has 0 fully saturated rings. The monoisotopic (exact) mass is 363 g/mol. The summed E-state index contributed by atoms with van der Waals surface area (Å²) in [6.07, 6.45) is 2.72. The van der Waals surface area contributed by atoms with Gasteiger partial charge < -0.3 is 10.5 Å². The van der Waals surface area contributed by atoms with Gasteiger partial charge in [0.25, 0.3) is 0 Å². The molecule has 0 aromatic heterocycles. The third kappa shape index (κ3) is 4.37. The first-order valence-corrected chi connectivity index (χ1v) is 8.95. The number of guanidine groups is 1. The molecule has 5 heteroatoms. The van der Waals surface area contributed by atoms with Crippen LogP contribution >= 0.6 is 0 Å². The van der Waals surface area contributed by atoms with E-state index in [1.54, 1.807) is 13.1 Å². The topological polar surface area (TPSA) is 67.9 Å². The first kappa shape index (κ1) is 18.7. The van der Waals surface area contributed by atoms with Crippen molar-refractivity contribution in [3.63, 3.8) is 0 Å². The zero-order chi connectivity index (χ0) is 19.4. The SMILES string of the molecule is C=CCOc1cccc(-c2cccc(C[C@]3(C)CC(=O)N(C)C(N)=N3)c2)c1. The molecule has 0 spiro atoms. The van der Waals surface area contributed by atoms with E-state index in [-0.39, 0.29) is 11.9 Å². The zero-order valence-electron chi connectivity index (χ0n) is 15.8. The molecule has 0 unspecified atom stereocenters. The van der Waals surface area contributed by atoms with Gasteiger partial charge in [-0.1, -0.05) is 49.1 Å². The van der Waals surface area contributed by atoms with Crippen molar-refractivity contribution in [1.29, 1.82) is 0 Å². The number of carbonyl (C=O) groups is 1. The number of amides is 1. The minimum atomic E-state index is -0.527. The summed E-state index contributed by atoms with van der Waals surface area (Å²) in [6.45, 7) is 6.12. The van der Waals surface area contributed by atoms with Crippen LogP contribution in [0.15, 0.2) is 66.2 Å². The fourth-order valence-corrected chi connectivity index (χ4v) is 3.29. The summed E-state index contributed by atoms with van der Waals surface area (Å²) in [7, 11) is 1.66. The van der Waals surface area contributed by atoms with E-state index in [0.29, 0.717) is 19.4 Å². The second kappa shape index (κ2) is 7.66. The summed E-state index contributed by atoms with van der Waals surface area (Å²) in [5.74, 6) is 1.08. The quantitative estimate of drug-likeness (QED) is 0.800. The fourth-order valence-electron chi connectivity index (χ4n) is 3.29. The molecule has 5 nitrogen and oxygen atoms in total. The van der Waals surface area contributed by atoms with Gasteiger partial charge in [-0.2, -0.15) is 0 Å². The molecular formula is C22H25N3O2. The summed E-state index contributed by atoms with van der Waals surface area (Å²) in [6, 6.07) is 16.2. The van der Waals surface area contributed by atoms with Gasteiger partial charge in [0, 0.05) is 7.05 Å². The van der Waals surface area contributed by atoms with E-state index in [2.05, 4.69) is 35.8 Å². The van der Waals surface area contributed by atoms with Crippen LogP contribution < -0.4 is 10.5 Å². The van der Waals surface area contributed by atoms with Gasteiger partial charge in [-0.05, 0) is 42.2 Å². The molecule has 1 amide bonds. The van der Waals surface area contributed by atoms with Crippen molar-refractivity contribution in [3.8, 4) is 16.9 Å². The Hall–Kier alpha value is -3.08. The molecule has 0 aliphatic carbocycles. The van der Waals surface area contributed by atoms with E-state index in [1.807, 2.05) is 31.2 Å². The number of nitrogens with two attached hydrogens (primary N) is 1. The lowest BCUT2D eigenvalue weighted by atomic mass is 9.87. The van der Waals surface area contributed by atoms with E-state index in [9.17, 15) is 4.79 Å². The molecule has 0 saturated carbocycles. The summed E-state index contributed by atoms with van der Waals surface area (Å²) < 4.78 is 5.63. The van der Waals surface area contributed by atoms with E-state index in [4.69, 9.17) is 10.5 Å². The molecule has 0 saturated heterocycles. The van der Waals surface area contributed by atoms with Crippen LogP contribution in [-0.2, 0) is 11.2 Å². The number of hydrogen-bond acceptors (Lipinski definition) is 4. The highest BCUT2D eigenvalue weighted by atomic mass is 16.5. The molecule has 140 valence electrons. The average molecular weight is 363 g/mol. The molecule has 2 aromatic carbocycles. The van der Waals surface area contributed by atoms with Crippen molar-refractivity contribution in [2.45, 2.75) is 25.3 Å². The molecule has 0 bridgehead atoms. The number of aliphatic imine (C=N–C) groups is 1. The lowest BCUT2D eigenvalue weighted by molar-refractivity contribution is -0.128. The maximum Gasteiger partial charge on any atom is 0.231 e. The van der Waals surface area contributed by atoms with Gasteiger partial charge in [-0.25, -0.2) is 4.99 Å². The van der Waals surface area contributed by atoms with Gasteiger partial charge in [0.15, 0.2) is 5.96 Å². The minimum Gasteiger partial charge on any atom is -0.490 e.